The molecular formula is C12H20N4O2S. The van der Waals surface area contributed by atoms with Gasteiger partial charge in [0, 0.05) is 32.9 Å². The van der Waals surface area contributed by atoms with Crippen LogP contribution in [-0.4, -0.2) is 44.4 Å². The predicted octanol–water partition coefficient (Wildman–Crippen LogP) is 0.481. The fraction of sp³-hybridized carbons (Fsp3) is 0.583. The number of nitrogens with zero attached hydrogens (tertiary/aromatic N) is 2. The van der Waals surface area contributed by atoms with Gasteiger partial charge in [-0.3, -0.25) is 0 Å². The van der Waals surface area contributed by atoms with Crippen LogP contribution in [0.1, 0.15) is 12.8 Å². The van der Waals surface area contributed by atoms with Crippen molar-refractivity contribution in [3.8, 4) is 0 Å². The second-order valence-corrected chi connectivity index (χ2v) is 7.30. The molecule has 0 aromatic carbocycles. The van der Waals surface area contributed by atoms with Crippen molar-refractivity contribution < 1.29 is 8.42 Å². The number of hydrogen-bond acceptors (Lipinski definition) is 5. The molecule has 1 saturated carbocycles. The van der Waals surface area contributed by atoms with E-state index in [0.29, 0.717) is 17.8 Å². The fourth-order valence-corrected chi connectivity index (χ4v) is 2.90. The molecular weight excluding hydrogens is 264 g/mol. The Morgan fingerprint density at radius 2 is 2.11 bits per heavy atom. The zero-order chi connectivity index (χ0) is 14.0. The molecule has 7 heteroatoms. The Bertz CT molecular complexity index is 521. The van der Waals surface area contributed by atoms with Gasteiger partial charge in [0.25, 0.3) is 0 Å². The van der Waals surface area contributed by atoms with Crippen molar-refractivity contribution in [2.45, 2.75) is 23.8 Å². The van der Waals surface area contributed by atoms with Crippen molar-refractivity contribution >= 4 is 15.8 Å². The summed E-state index contributed by atoms with van der Waals surface area (Å²) in [7, 11) is -0.397. The van der Waals surface area contributed by atoms with Crippen LogP contribution in [0.4, 0.5) is 5.82 Å². The van der Waals surface area contributed by atoms with Crippen molar-refractivity contribution in [3.05, 3.63) is 18.3 Å². The molecule has 2 rings (SSSR count). The highest BCUT2D eigenvalue weighted by Gasteiger charge is 2.25. The maximum Gasteiger partial charge on any atom is 0.244 e. The van der Waals surface area contributed by atoms with E-state index in [1.807, 2.05) is 0 Å². The molecule has 1 fully saturated rings. The van der Waals surface area contributed by atoms with Crippen molar-refractivity contribution in [2.24, 2.45) is 11.7 Å². The zero-order valence-electron chi connectivity index (χ0n) is 11.2. The SMILES string of the molecule is CN(C)S(=O)(=O)c1ccc(NCC2CC(N)C2)nc1. The van der Waals surface area contributed by atoms with Crippen LogP contribution in [-0.2, 0) is 10.0 Å². The van der Waals surface area contributed by atoms with Crippen LogP contribution < -0.4 is 11.1 Å². The highest BCUT2D eigenvalue weighted by Crippen LogP contribution is 2.25. The fourth-order valence-electron chi connectivity index (χ4n) is 2.05. The number of anilines is 1. The molecule has 1 heterocycles. The van der Waals surface area contributed by atoms with Gasteiger partial charge in [0.2, 0.25) is 10.0 Å². The molecule has 0 aliphatic heterocycles. The first-order chi connectivity index (χ1) is 8.89. The highest BCUT2D eigenvalue weighted by atomic mass is 32.2. The first-order valence-electron chi connectivity index (χ1n) is 6.27. The second-order valence-electron chi connectivity index (χ2n) is 5.14. The molecule has 0 radical (unpaired) electrons. The summed E-state index contributed by atoms with van der Waals surface area (Å²) in [5.41, 5.74) is 5.72. The Kier molecular flexibility index (Phi) is 4.07. The largest absolute Gasteiger partial charge is 0.370 e. The third kappa shape index (κ3) is 3.23. The van der Waals surface area contributed by atoms with E-state index in [-0.39, 0.29) is 4.90 Å². The van der Waals surface area contributed by atoms with E-state index in [0.717, 1.165) is 19.4 Å². The van der Waals surface area contributed by atoms with Crippen LogP contribution in [0.25, 0.3) is 0 Å². The van der Waals surface area contributed by atoms with E-state index in [1.165, 1.54) is 24.6 Å². The summed E-state index contributed by atoms with van der Waals surface area (Å²) in [6.07, 6.45) is 3.46. The quantitative estimate of drug-likeness (QED) is 0.821. The van der Waals surface area contributed by atoms with Crippen molar-refractivity contribution in [1.82, 2.24) is 9.29 Å². The van der Waals surface area contributed by atoms with E-state index in [4.69, 9.17) is 5.73 Å². The number of nitrogens with two attached hydrogens (primary N) is 1. The number of aromatic nitrogens is 1. The van der Waals surface area contributed by atoms with Crippen LogP contribution in [0.2, 0.25) is 0 Å². The van der Waals surface area contributed by atoms with Crippen molar-refractivity contribution in [2.75, 3.05) is 26.0 Å². The first-order valence-corrected chi connectivity index (χ1v) is 7.71. The Morgan fingerprint density at radius 1 is 1.42 bits per heavy atom. The molecule has 0 saturated heterocycles. The lowest BCUT2D eigenvalue weighted by Crippen LogP contribution is -2.39. The van der Waals surface area contributed by atoms with Gasteiger partial charge >= 0.3 is 0 Å². The molecule has 0 bridgehead atoms. The third-order valence-corrected chi connectivity index (χ3v) is 5.16. The molecule has 106 valence electrons. The molecule has 0 atom stereocenters. The van der Waals surface area contributed by atoms with Gasteiger partial charge in [0.1, 0.15) is 10.7 Å². The average Bonchev–Trinajstić information content (AvgIpc) is 2.33. The molecule has 19 heavy (non-hydrogen) atoms. The Hall–Kier alpha value is -1.18. The summed E-state index contributed by atoms with van der Waals surface area (Å²) in [5, 5.41) is 3.20. The topological polar surface area (TPSA) is 88.3 Å². The summed E-state index contributed by atoms with van der Waals surface area (Å²) in [5.74, 6) is 1.29. The lowest BCUT2D eigenvalue weighted by Gasteiger charge is -2.32. The standard InChI is InChI=1S/C12H20N4O2S/c1-16(2)19(17,18)11-3-4-12(15-8-11)14-7-9-5-10(13)6-9/h3-4,8-10H,5-7,13H2,1-2H3,(H,14,15). The van der Waals surface area contributed by atoms with Crippen LogP contribution in [0.5, 0.6) is 0 Å². The van der Waals surface area contributed by atoms with E-state index in [2.05, 4.69) is 10.3 Å². The minimum atomic E-state index is -3.40. The van der Waals surface area contributed by atoms with Gasteiger partial charge in [-0.1, -0.05) is 0 Å². The van der Waals surface area contributed by atoms with Crippen molar-refractivity contribution in [3.63, 3.8) is 0 Å². The minimum absolute atomic E-state index is 0.203. The lowest BCUT2D eigenvalue weighted by molar-refractivity contribution is 0.280. The monoisotopic (exact) mass is 284 g/mol. The summed E-state index contributed by atoms with van der Waals surface area (Å²) < 4.78 is 24.9. The summed E-state index contributed by atoms with van der Waals surface area (Å²) in [6, 6.07) is 3.60. The number of rotatable bonds is 5. The Labute approximate surface area is 114 Å². The van der Waals surface area contributed by atoms with E-state index >= 15 is 0 Å². The summed E-state index contributed by atoms with van der Waals surface area (Å²) >= 11 is 0. The normalized spacial score (nSPS) is 23.2. The zero-order valence-corrected chi connectivity index (χ0v) is 12.0. The van der Waals surface area contributed by atoms with Crippen molar-refractivity contribution in [1.29, 1.82) is 0 Å². The molecule has 6 nitrogen and oxygen atoms in total. The van der Waals surface area contributed by atoms with Gasteiger partial charge < -0.3 is 11.1 Å². The third-order valence-electron chi connectivity index (χ3n) is 3.36. The van der Waals surface area contributed by atoms with E-state index in [9.17, 15) is 8.42 Å². The molecule has 1 aliphatic carbocycles. The molecule has 0 amide bonds. The van der Waals surface area contributed by atoms with Crippen LogP contribution in [0.15, 0.2) is 23.2 Å². The summed E-state index contributed by atoms with van der Waals surface area (Å²) in [4.78, 5) is 4.33. The average molecular weight is 284 g/mol. The van der Waals surface area contributed by atoms with E-state index < -0.39 is 10.0 Å². The Balaban J connectivity index is 1.95. The first kappa shape index (κ1) is 14.2. The van der Waals surface area contributed by atoms with Gasteiger partial charge in [0.05, 0.1) is 0 Å². The molecule has 0 spiro atoms. The molecule has 3 N–H and O–H groups in total. The smallest absolute Gasteiger partial charge is 0.244 e. The number of nitrogens with one attached hydrogen (secondary N) is 1. The number of sulfonamides is 1. The highest BCUT2D eigenvalue weighted by molar-refractivity contribution is 7.89. The number of hydrogen-bond donors (Lipinski definition) is 2. The maximum absolute atomic E-state index is 11.9. The second kappa shape index (κ2) is 5.44. The van der Waals surface area contributed by atoms with Gasteiger partial charge in [-0.25, -0.2) is 17.7 Å². The van der Waals surface area contributed by atoms with Crippen LogP contribution >= 0.6 is 0 Å². The van der Waals surface area contributed by atoms with Crippen LogP contribution in [0, 0.1) is 5.92 Å². The lowest BCUT2D eigenvalue weighted by atomic mass is 9.81. The Morgan fingerprint density at radius 3 is 2.58 bits per heavy atom. The molecule has 0 unspecified atom stereocenters. The molecule has 1 aromatic heterocycles. The van der Waals surface area contributed by atoms with Gasteiger partial charge in [0.15, 0.2) is 0 Å². The van der Waals surface area contributed by atoms with Crippen LogP contribution in [0.3, 0.4) is 0 Å². The van der Waals surface area contributed by atoms with Gasteiger partial charge in [-0.2, -0.15) is 0 Å². The predicted molar refractivity (Wildman–Crippen MR) is 74.3 cm³/mol. The molecule has 1 aromatic rings. The maximum atomic E-state index is 11.9. The molecule has 1 aliphatic rings. The van der Waals surface area contributed by atoms with E-state index in [1.54, 1.807) is 12.1 Å². The number of pyridine rings is 1. The van der Waals surface area contributed by atoms with Gasteiger partial charge in [-0.05, 0) is 30.9 Å². The summed E-state index contributed by atoms with van der Waals surface area (Å²) in [6.45, 7) is 0.834. The van der Waals surface area contributed by atoms with Gasteiger partial charge in [-0.15, -0.1) is 0 Å². The minimum Gasteiger partial charge on any atom is -0.370 e.